The molecule has 1 N–H and O–H groups in total. The summed E-state index contributed by atoms with van der Waals surface area (Å²) in [6, 6.07) is 17.0. The monoisotopic (exact) mass is 341 g/mol. The van der Waals surface area contributed by atoms with Gasteiger partial charge in [0.2, 0.25) is 0 Å². The van der Waals surface area contributed by atoms with Gasteiger partial charge in [-0.3, -0.25) is 4.79 Å². The third-order valence-electron chi connectivity index (χ3n) is 3.67. The maximum absolute atomic E-state index is 12.5. The van der Waals surface area contributed by atoms with Gasteiger partial charge in [-0.25, -0.2) is 0 Å². The summed E-state index contributed by atoms with van der Waals surface area (Å²) in [5.41, 5.74) is 2.69. The molecule has 23 heavy (non-hydrogen) atoms. The van der Waals surface area contributed by atoms with Crippen LogP contribution in [0, 0.1) is 0 Å². The Labute approximate surface area is 142 Å². The molecule has 0 saturated heterocycles. The molecule has 0 saturated carbocycles. The van der Waals surface area contributed by atoms with E-state index in [-0.39, 0.29) is 5.91 Å². The van der Waals surface area contributed by atoms with Gasteiger partial charge in [-0.2, -0.15) is 0 Å². The van der Waals surface area contributed by atoms with Crippen LogP contribution in [0.25, 0.3) is 10.4 Å². The predicted octanol–water partition coefficient (Wildman–Crippen LogP) is 5.21. The van der Waals surface area contributed by atoms with Crippen molar-refractivity contribution in [2.45, 2.75) is 6.61 Å². The number of hydrogen-bond donors (Lipinski definition) is 1. The van der Waals surface area contributed by atoms with Gasteiger partial charge >= 0.3 is 0 Å². The van der Waals surface area contributed by atoms with E-state index in [2.05, 4.69) is 5.32 Å². The number of amides is 1. The number of fused-ring (bicyclic) bond motifs is 3. The fraction of sp³-hybridized carbons (Fsp3) is 0.0556. The highest BCUT2D eigenvalue weighted by atomic mass is 35.5. The zero-order valence-electron chi connectivity index (χ0n) is 12.0. The number of anilines is 1. The first-order chi connectivity index (χ1) is 11.2. The molecule has 1 aromatic heterocycles. The largest absolute Gasteiger partial charge is 0.488 e. The maximum atomic E-state index is 12.5. The van der Waals surface area contributed by atoms with Crippen molar-refractivity contribution < 1.29 is 9.53 Å². The minimum absolute atomic E-state index is 0.157. The van der Waals surface area contributed by atoms with Crippen LogP contribution in [0.1, 0.15) is 15.2 Å². The number of carbonyl (C=O) groups is 1. The molecule has 3 aromatic rings. The van der Waals surface area contributed by atoms with Crippen LogP contribution in [0.5, 0.6) is 5.75 Å². The molecule has 2 heterocycles. The molecule has 0 aliphatic carbocycles. The summed E-state index contributed by atoms with van der Waals surface area (Å²) in [5, 5.41) is 3.38. The van der Waals surface area contributed by atoms with Crippen molar-refractivity contribution in [3.8, 4) is 16.2 Å². The van der Waals surface area contributed by atoms with Crippen molar-refractivity contribution in [2.24, 2.45) is 0 Å². The fourth-order valence-electron chi connectivity index (χ4n) is 2.56. The molecule has 2 aromatic carbocycles. The first-order valence-electron chi connectivity index (χ1n) is 7.13. The average Bonchev–Trinajstić information content (AvgIpc) is 3.02. The standard InChI is InChI=1S/C18H12ClNO2S/c19-13-6-2-3-7-14(13)20-18(21)16-9-11-10-22-15-8-4-1-5-12(15)17(11)23-16/h1-9H,10H2,(H,20,21). The molecule has 1 aliphatic heterocycles. The number of para-hydroxylation sites is 2. The van der Waals surface area contributed by atoms with Gasteiger partial charge in [0.25, 0.3) is 5.91 Å². The van der Waals surface area contributed by atoms with Crippen molar-refractivity contribution >= 4 is 34.5 Å². The van der Waals surface area contributed by atoms with Gasteiger partial charge in [-0.15, -0.1) is 11.3 Å². The highest BCUT2D eigenvalue weighted by Crippen LogP contribution is 2.42. The van der Waals surface area contributed by atoms with Crippen molar-refractivity contribution in [2.75, 3.05) is 5.32 Å². The molecule has 0 radical (unpaired) electrons. The molecule has 3 nitrogen and oxygen atoms in total. The fourth-order valence-corrected chi connectivity index (χ4v) is 3.83. The van der Waals surface area contributed by atoms with Gasteiger partial charge in [0.05, 0.1) is 15.6 Å². The Morgan fingerprint density at radius 2 is 1.91 bits per heavy atom. The third-order valence-corrected chi connectivity index (χ3v) is 5.21. The summed E-state index contributed by atoms with van der Waals surface area (Å²) in [7, 11) is 0. The minimum Gasteiger partial charge on any atom is -0.488 e. The summed E-state index contributed by atoms with van der Waals surface area (Å²) >= 11 is 7.57. The zero-order valence-corrected chi connectivity index (χ0v) is 13.6. The topological polar surface area (TPSA) is 38.3 Å². The van der Waals surface area contributed by atoms with Crippen LogP contribution in [0.15, 0.2) is 54.6 Å². The molecule has 4 rings (SSSR count). The summed E-state index contributed by atoms with van der Waals surface area (Å²) in [6.45, 7) is 0.488. The molecule has 0 unspecified atom stereocenters. The lowest BCUT2D eigenvalue weighted by atomic mass is 10.1. The van der Waals surface area contributed by atoms with Crippen LogP contribution in [-0.4, -0.2) is 5.91 Å². The lowest BCUT2D eigenvalue weighted by molar-refractivity contribution is 0.103. The molecule has 1 amide bonds. The smallest absolute Gasteiger partial charge is 0.265 e. The number of nitrogens with one attached hydrogen (secondary N) is 1. The number of ether oxygens (including phenoxy) is 1. The lowest BCUT2D eigenvalue weighted by Crippen LogP contribution is -2.10. The molecule has 0 spiro atoms. The number of thiophene rings is 1. The predicted molar refractivity (Wildman–Crippen MR) is 93.5 cm³/mol. The van der Waals surface area contributed by atoms with Crippen molar-refractivity contribution in [1.29, 1.82) is 0 Å². The van der Waals surface area contributed by atoms with Crippen LogP contribution in [0.2, 0.25) is 5.02 Å². The molecular weight excluding hydrogens is 330 g/mol. The van der Waals surface area contributed by atoms with E-state index in [4.69, 9.17) is 16.3 Å². The van der Waals surface area contributed by atoms with Gasteiger partial charge in [0.15, 0.2) is 0 Å². The van der Waals surface area contributed by atoms with Crippen LogP contribution in [-0.2, 0) is 6.61 Å². The Kier molecular flexibility index (Phi) is 3.56. The summed E-state index contributed by atoms with van der Waals surface area (Å²) in [6.07, 6.45) is 0. The van der Waals surface area contributed by atoms with Crippen LogP contribution in [0.3, 0.4) is 0 Å². The van der Waals surface area contributed by atoms with Gasteiger partial charge in [0.1, 0.15) is 12.4 Å². The van der Waals surface area contributed by atoms with Crippen molar-refractivity contribution in [1.82, 2.24) is 0 Å². The number of carbonyl (C=O) groups excluding carboxylic acids is 1. The van der Waals surface area contributed by atoms with E-state index in [0.29, 0.717) is 22.2 Å². The highest BCUT2D eigenvalue weighted by Gasteiger charge is 2.22. The Balaban J connectivity index is 1.66. The number of hydrogen-bond acceptors (Lipinski definition) is 3. The first-order valence-corrected chi connectivity index (χ1v) is 8.32. The van der Waals surface area contributed by atoms with E-state index in [9.17, 15) is 4.79 Å². The second kappa shape index (κ2) is 5.72. The third kappa shape index (κ3) is 2.60. The van der Waals surface area contributed by atoms with Crippen LogP contribution in [0.4, 0.5) is 5.69 Å². The van der Waals surface area contributed by atoms with E-state index in [1.807, 2.05) is 42.5 Å². The quantitative estimate of drug-likeness (QED) is 0.694. The summed E-state index contributed by atoms with van der Waals surface area (Å²) in [5.74, 6) is 0.704. The molecule has 0 bridgehead atoms. The molecule has 0 fully saturated rings. The second-order valence-electron chi connectivity index (χ2n) is 5.18. The minimum atomic E-state index is -0.157. The molecule has 5 heteroatoms. The first kappa shape index (κ1) is 14.3. The van der Waals surface area contributed by atoms with Crippen molar-refractivity contribution in [3.05, 3.63) is 70.1 Å². The number of rotatable bonds is 2. The number of benzene rings is 2. The van der Waals surface area contributed by atoms with Gasteiger partial charge in [-0.05, 0) is 30.3 Å². The van der Waals surface area contributed by atoms with Gasteiger partial charge in [-0.1, -0.05) is 35.9 Å². The Morgan fingerprint density at radius 1 is 1.13 bits per heavy atom. The van der Waals surface area contributed by atoms with E-state index in [0.717, 1.165) is 21.8 Å². The zero-order chi connectivity index (χ0) is 15.8. The van der Waals surface area contributed by atoms with E-state index < -0.39 is 0 Å². The SMILES string of the molecule is O=C(Nc1ccccc1Cl)c1cc2c(s1)-c1ccccc1OC2. The van der Waals surface area contributed by atoms with Crippen molar-refractivity contribution in [3.63, 3.8) is 0 Å². The second-order valence-corrected chi connectivity index (χ2v) is 6.64. The molecule has 114 valence electrons. The lowest BCUT2D eigenvalue weighted by Gasteiger charge is -2.16. The molecule has 1 aliphatic rings. The maximum Gasteiger partial charge on any atom is 0.265 e. The molecule has 0 atom stereocenters. The van der Waals surface area contributed by atoms with E-state index >= 15 is 0 Å². The average molecular weight is 342 g/mol. The summed E-state index contributed by atoms with van der Waals surface area (Å²) in [4.78, 5) is 14.2. The van der Waals surface area contributed by atoms with E-state index in [1.165, 1.54) is 11.3 Å². The summed E-state index contributed by atoms with van der Waals surface area (Å²) < 4.78 is 5.73. The highest BCUT2D eigenvalue weighted by molar-refractivity contribution is 7.17. The van der Waals surface area contributed by atoms with Gasteiger partial charge in [0, 0.05) is 16.0 Å². The van der Waals surface area contributed by atoms with Crippen LogP contribution >= 0.6 is 22.9 Å². The van der Waals surface area contributed by atoms with Crippen LogP contribution < -0.4 is 10.1 Å². The molecular formula is C18H12ClNO2S. The Morgan fingerprint density at radius 3 is 2.78 bits per heavy atom. The van der Waals surface area contributed by atoms with Gasteiger partial charge < -0.3 is 10.1 Å². The Hall–Kier alpha value is -2.30. The van der Waals surface area contributed by atoms with E-state index in [1.54, 1.807) is 12.1 Å². The normalized spacial score (nSPS) is 12.0. The number of halogens is 1. The Bertz CT molecular complexity index is 904.